The van der Waals surface area contributed by atoms with Crippen LogP contribution in [-0.2, 0) is 4.74 Å². The fraction of sp³-hybridized carbons (Fsp3) is 0.500. The van der Waals surface area contributed by atoms with Crippen molar-refractivity contribution in [2.24, 2.45) is 0 Å². The van der Waals surface area contributed by atoms with Gasteiger partial charge in [-0.15, -0.1) is 0 Å². The van der Waals surface area contributed by atoms with Gasteiger partial charge in [-0.05, 0) is 31.4 Å². The third-order valence-corrected chi connectivity index (χ3v) is 3.65. The molecule has 16 heavy (non-hydrogen) atoms. The fourth-order valence-electron chi connectivity index (χ4n) is 2.00. The number of hydrogen-bond acceptors (Lipinski definition) is 3. The maximum Gasteiger partial charge on any atom is 0.0850 e. The summed E-state index contributed by atoms with van der Waals surface area (Å²) in [5.41, 5.74) is 7.33. The van der Waals surface area contributed by atoms with Gasteiger partial charge >= 0.3 is 0 Å². The van der Waals surface area contributed by atoms with Crippen molar-refractivity contribution in [3.8, 4) is 0 Å². The lowest BCUT2D eigenvalue weighted by Gasteiger charge is -2.40. The lowest BCUT2D eigenvalue weighted by Crippen LogP contribution is -2.45. The number of methoxy groups -OCH3 is 1. The van der Waals surface area contributed by atoms with E-state index in [1.165, 1.54) is 6.42 Å². The fourth-order valence-corrected chi connectivity index (χ4v) is 2.25. The minimum absolute atomic E-state index is 0.0222. The minimum Gasteiger partial charge on any atom is -0.397 e. The summed E-state index contributed by atoms with van der Waals surface area (Å²) in [6, 6.07) is 5.52. The lowest BCUT2D eigenvalue weighted by atomic mass is 9.80. The number of benzene rings is 1. The third-order valence-electron chi connectivity index (χ3n) is 3.33. The highest BCUT2D eigenvalue weighted by molar-refractivity contribution is 6.33. The predicted molar refractivity (Wildman–Crippen MR) is 67.9 cm³/mol. The molecule has 1 aliphatic carbocycles. The Balaban J connectivity index is 2.04. The molecule has 0 heterocycles. The quantitative estimate of drug-likeness (QED) is 0.796. The number of nitrogen functional groups attached to an aromatic ring is 1. The van der Waals surface area contributed by atoms with Gasteiger partial charge in [-0.2, -0.15) is 0 Å². The van der Waals surface area contributed by atoms with E-state index in [0.717, 1.165) is 25.1 Å². The van der Waals surface area contributed by atoms with E-state index < -0.39 is 0 Å². The normalized spacial score (nSPS) is 17.9. The van der Waals surface area contributed by atoms with Gasteiger partial charge in [-0.1, -0.05) is 17.7 Å². The summed E-state index contributed by atoms with van der Waals surface area (Å²) in [5.74, 6) is 0. The molecule has 0 radical (unpaired) electrons. The van der Waals surface area contributed by atoms with E-state index in [1.54, 1.807) is 7.11 Å². The van der Waals surface area contributed by atoms with E-state index in [2.05, 4.69) is 5.32 Å². The first-order valence-corrected chi connectivity index (χ1v) is 5.88. The Hall–Kier alpha value is -0.930. The standard InChI is InChI=1S/C12H17ClN2O/c1-16-12(6-3-7-12)8-15-11-9(13)4-2-5-10(11)14/h2,4-5,15H,3,6-8,14H2,1H3. The largest absolute Gasteiger partial charge is 0.397 e. The van der Waals surface area contributed by atoms with Gasteiger partial charge < -0.3 is 15.8 Å². The summed E-state index contributed by atoms with van der Waals surface area (Å²) in [6.07, 6.45) is 3.43. The van der Waals surface area contributed by atoms with Gasteiger partial charge in [0.1, 0.15) is 0 Å². The molecule has 0 unspecified atom stereocenters. The summed E-state index contributed by atoms with van der Waals surface area (Å²) in [5, 5.41) is 3.95. The molecule has 0 aromatic heterocycles. The molecule has 4 heteroatoms. The minimum atomic E-state index is -0.0222. The molecule has 1 aromatic carbocycles. The highest BCUT2D eigenvalue weighted by atomic mass is 35.5. The average Bonchev–Trinajstić information content (AvgIpc) is 2.20. The maximum absolute atomic E-state index is 6.08. The molecular formula is C12H17ClN2O. The molecule has 1 aromatic rings. The van der Waals surface area contributed by atoms with Crippen molar-refractivity contribution >= 4 is 23.0 Å². The Labute approximate surface area is 101 Å². The van der Waals surface area contributed by atoms with E-state index in [0.29, 0.717) is 10.7 Å². The summed E-state index contributed by atoms with van der Waals surface area (Å²) < 4.78 is 5.53. The Morgan fingerprint density at radius 2 is 2.25 bits per heavy atom. The molecule has 0 atom stereocenters. The first kappa shape index (κ1) is 11.6. The van der Waals surface area contributed by atoms with Crippen molar-refractivity contribution in [1.82, 2.24) is 0 Å². The molecule has 3 nitrogen and oxygen atoms in total. The first-order valence-electron chi connectivity index (χ1n) is 5.50. The summed E-state index contributed by atoms with van der Waals surface area (Å²) in [6.45, 7) is 0.761. The number of nitrogens with one attached hydrogen (secondary N) is 1. The molecular weight excluding hydrogens is 224 g/mol. The van der Waals surface area contributed by atoms with Crippen molar-refractivity contribution < 1.29 is 4.74 Å². The SMILES string of the molecule is COC1(CNc2c(N)cccc2Cl)CCC1. The molecule has 2 rings (SSSR count). The van der Waals surface area contributed by atoms with E-state index in [-0.39, 0.29) is 5.60 Å². The summed E-state index contributed by atoms with van der Waals surface area (Å²) in [7, 11) is 1.76. The van der Waals surface area contributed by atoms with Crippen molar-refractivity contribution in [2.75, 3.05) is 24.7 Å². The zero-order chi connectivity index (χ0) is 11.6. The maximum atomic E-state index is 6.08. The molecule has 0 amide bonds. The average molecular weight is 241 g/mol. The number of halogens is 1. The Bertz CT molecular complexity index is 352. The second-order valence-electron chi connectivity index (χ2n) is 4.30. The number of rotatable bonds is 4. The van der Waals surface area contributed by atoms with Gasteiger partial charge in [0.15, 0.2) is 0 Å². The van der Waals surface area contributed by atoms with Gasteiger partial charge in [0.25, 0.3) is 0 Å². The van der Waals surface area contributed by atoms with Crippen LogP contribution in [0.1, 0.15) is 19.3 Å². The van der Waals surface area contributed by atoms with Crippen LogP contribution in [0.15, 0.2) is 18.2 Å². The van der Waals surface area contributed by atoms with Crippen LogP contribution in [0.25, 0.3) is 0 Å². The third kappa shape index (κ3) is 2.11. The van der Waals surface area contributed by atoms with Crippen molar-refractivity contribution in [3.63, 3.8) is 0 Å². The van der Waals surface area contributed by atoms with Gasteiger partial charge in [-0.25, -0.2) is 0 Å². The molecule has 1 aliphatic rings. The number of ether oxygens (including phenoxy) is 1. The van der Waals surface area contributed by atoms with Gasteiger partial charge in [0, 0.05) is 13.7 Å². The monoisotopic (exact) mass is 240 g/mol. The summed E-state index contributed by atoms with van der Waals surface area (Å²) >= 11 is 6.08. The molecule has 3 N–H and O–H groups in total. The van der Waals surface area contributed by atoms with E-state index >= 15 is 0 Å². The lowest BCUT2D eigenvalue weighted by molar-refractivity contribution is -0.0601. The molecule has 0 bridgehead atoms. The first-order chi connectivity index (χ1) is 7.67. The van der Waals surface area contributed by atoms with Crippen LogP contribution in [0.3, 0.4) is 0 Å². The number of hydrogen-bond donors (Lipinski definition) is 2. The second kappa shape index (κ2) is 4.52. The smallest absolute Gasteiger partial charge is 0.0850 e. The van der Waals surface area contributed by atoms with Crippen molar-refractivity contribution in [1.29, 1.82) is 0 Å². The van der Waals surface area contributed by atoms with E-state index in [1.807, 2.05) is 18.2 Å². The Morgan fingerprint density at radius 1 is 1.50 bits per heavy atom. The van der Waals surface area contributed by atoms with E-state index in [9.17, 15) is 0 Å². The van der Waals surface area contributed by atoms with Crippen LogP contribution in [0, 0.1) is 0 Å². The number of nitrogens with two attached hydrogens (primary N) is 1. The Morgan fingerprint density at radius 3 is 2.75 bits per heavy atom. The zero-order valence-electron chi connectivity index (χ0n) is 9.42. The molecule has 0 saturated heterocycles. The number of anilines is 2. The van der Waals surface area contributed by atoms with Crippen LogP contribution in [0.2, 0.25) is 5.02 Å². The molecule has 88 valence electrons. The van der Waals surface area contributed by atoms with Crippen molar-refractivity contribution in [3.05, 3.63) is 23.2 Å². The van der Waals surface area contributed by atoms with Crippen LogP contribution in [0.5, 0.6) is 0 Å². The molecule has 0 spiro atoms. The van der Waals surface area contributed by atoms with Gasteiger partial charge in [0.2, 0.25) is 0 Å². The van der Waals surface area contributed by atoms with Crippen LogP contribution in [-0.4, -0.2) is 19.3 Å². The second-order valence-corrected chi connectivity index (χ2v) is 4.71. The molecule has 1 fully saturated rings. The topological polar surface area (TPSA) is 47.3 Å². The van der Waals surface area contributed by atoms with Crippen LogP contribution < -0.4 is 11.1 Å². The molecule has 1 saturated carbocycles. The number of para-hydroxylation sites is 1. The zero-order valence-corrected chi connectivity index (χ0v) is 10.2. The summed E-state index contributed by atoms with van der Waals surface area (Å²) in [4.78, 5) is 0. The predicted octanol–water partition coefficient (Wildman–Crippen LogP) is 2.90. The van der Waals surface area contributed by atoms with E-state index in [4.69, 9.17) is 22.1 Å². The Kier molecular flexibility index (Phi) is 3.26. The van der Waals surface area contributed by atoms with Crippen molar-refractivity contribution in [2.45, 2.75) is 24.9 Å². The molecule has 0 aliphatic heterocycles. The van der Waals surface area contributed by atoms with Crippen LogP contribution in [0.4, 0.5) is 11.4 Å². The van der Waals surface area contributed by atoms with Gasteiger partial charge in [0.05, 0.1) is 22.0 Å². The van der Waals surface area contributed by atoms with Gasteiger partial charge in [-0.3, -0.25) is 0 Å². The highest BCUT2D eigenvalue weighted by Crippen LogP contribution is 2.36. The highest BCUT2D eigenvalue weighted by Gasteiger charge is 2.36. The van der Waals surface area contributed by atoms with Crippen LogP contribution >= 0.6 is 11.6 Å².